The van der Waals surface area contributed by atoms with Crippen molar-refractivity contribution in [2.24, 2.45) is 0 Å². The molecule has 0 saturated carbocycles. The number of ether oxygens (including phenoxy) is 1. The van der Waals surface area contributed by atoms with E-state index in [-0.39, 0.29) is 24.2 Å². The fraction of sp³-hybridized carbons (Fsp3) is 0.357. The number of hydrogen-bond acceptors (Lipinski definition) is 4. The second kappa shape index (κ2) is 8.57. The maximum Gasteiger partial charge on any atom is 0.329 e. The Morgan fingerprint density at radius 2 is 1.80 bits per heavy atom. The number of likely N-dealkylation sites (N-methyl/N-ethyl adjacent to an activating group) is 1. The molecule has 7 nitrogen and oxygen atoms in total. The van der Waals surface area contributed by atoms with Crippen LogP contribution in [0.15, 0.2) is 59.4 Å². The first-order valence-electron chi connectivity index (χ1n) is 12.3. The molecule has 1 saturated heterocycles. The summed E-state index contributed by atoms with van der Waals surface area (Å²) >= 11 is 0. The third-order valence-electron chi connectivity index (χ3n) is 7.87. The number of para-hydroxylation sites is 2. The molecule has 3 aromatic carbocycles. The van der Waals surface area contributed by atoms with Gasteiger partial charge in [0, 0.05) is 37.6 Å². The van der Waals surface area contributed by atoms with Gasteiger partial charge in [0.05, 0.1) is 18.1 Å². The fourth-order valence-corrected chi connectivity index (χ4v) is 6.17. The summed E-state index contributed by atoms with van der Waals surface area (Å²) in [5, 5.41) is 5.16. The SMILES string of the molecule is CNC(=O)Cn1c(=O)n(C2CCN(C3Cc4ccc(OC)c5cccc3c45)CC2)c2ccccc21. The number of likely N-dealkylation sites (tertiary alicyclic amines) is 1. The Balaban J connectivity index is 1.27. The first-order chi connectivity index (χ1) is 17.1. The highest BCUT2D eigenvalue weighted by molar-refractivity contribution is 5.95. The Morgan fingerprint density at radius 1 is 1.03 bits per heavy atom. The molecule has 1 fully saturated rings. The molecule has 1 aliphatic heterocycles. The second-order valence-electron chi connectivity index (χ2n) is 9.58. The molecule has 35 heavy (non-hydrogen) atoms. The maximum absolute atomic E-state index is 13.4. The molecule has 180 valence electrons. The normalized spacial score (nSPS) is 18.4. The van der Waals surface area contributed by atoms with Crippen LogP contribution in [0.2, 0.25) is 0 Å². The molecule has 0 radical (unpaired) electrons. The largest absolute Gasteiger partial charge is 0.496 e. The van der Waals surface area contributed by atoms with Gasteiger partial charge in [-0.2, -0.15) is 0 Å². The van der Waals surface area contributed by atoms with Crippen LogP contribution in [0, 0.1) is 0 Å². The zero-order valence-corrected chi connectivity index (χ0v) is 20.2. The van der Waals surface area contributed by atoms with Gasteiger partial charge in [0.2, 0.25) is 5.91 Å². The Kier molecular flexibility index (Phi) is 5.37. The summed E-state index contributed by atoms with van der Waals surface area (Å²) in [4.78, 5) is 28.1. The number of benzene rings is 3. The quantitative estimate of drug-likeness (QED) is 0.484. The molecule has 4 aromatic rings. The van der Waals surface area contributed by atoms with Crippen LogP contribution in [0.4, 0.5) is 0 Å². The van der Waals surface area contributed by atoms with Crippen molar-refractivity contribution in [2.45, 2.75) is 37.9 Å². The van der Waals surface area contributed by atoms with Gasteiger partial charge in [-0.1, -0.05) is 36.4 Å². The van der Waals surface area contributed by atoms with Gasteiger partial charge in [-0.05, 0) is 54.0 Å². The number of nitrogens with zero attached hydrogens (tertiary/aromatic N) is 3. The number of carbonyl (C=O) groups excluding carboxylic acids is 1. The highest BCUT2D eigenvalue weighted by Crippen LogP contribution is 2.44. The molecule has 1 aromatic heterocycles. The highest BCUT2D eigenvalue weighted by atomic mass is 16.5. The number of nitrogens with one attached hydrogen (secondary N) is 1. The smallest absolute Gasteiger partial charge is 0.329 e. The Morgan fingerprint density at radius 3 is 2.54 bits per heavy atom. The topological polar surface area (TPSA) is 68.5 Å². The van der Waals surface area contributed by atoms with E-state index >= 15 is 0 Å². The van der Waals surface area contributed by atoms with E-state index < -0.39 is 0 Å². The van der Waals surface area contributed by atoms with Crippen molar-refractivity contribution in [1.82, 2.24) is 19.4 Å². The lowest BCUT2D eigenvalue weighted by molar-refractivity contribution is -0.121. The van der Waals surface area contributed by atoms with Gasteiger partial charge in [0.1, 0.15) is 12.3 Å². The number of carbonyl (C=O) groups is 1. The van der Waals surface area contributed by atoms with E-state index in [1.165, 1.54) is 21.9 Å². The minimum Gasteiger partial charge on any atom is -0.496 e. The van der Waals surface area contributed by atoms with Crippen molar-refractivity contribution in [3.8, 4) is 5.75 Å². The van der Waals surface area contributed by atoms with Crippen LogP contribution in [0.1, 0.15) is 36.1 Å². The Labute approximate surface area is 203 Å². The van der Waals surface area contributed by atoms with Gasteiger partial charge in [0.15, 0.2) is 0 Å². The third-order valence-corrected chi connectivity index (χ3v) is 7.87. The monoisotopic (exact) mass is 470 g/mol. The molecule has 2 heterocycles. The lowest BCUT2D eigenvalue weighted by atomic mass is 9.99. The summed E-state index contributed by atoms with van der Waals surface area (Å²) in [6.45, 7) is 1.89. The van der Waals surface area contributed by atoms with E-state index in [1.807, 2.05) is 28.8 Å². The average molecular weight is 471 g/mol. The molecule has 1 N–H and O–H groups in total. The predicted octanol–water partition coefficient (Wildman–Crippen LogP) is 3.65. The predicted molar refractivity (Wildman–Crippen MR) is 137 cm³/mol. The van der Waals surface area contributed by atoms with Crippen LogP contribution < -0.4 is 15.7 Å². The summed E-state index contributed by atoms with van der Waals surface area (Å²) < 4.78 is 9.14. The maximum atomic E-state index is 13.4. The van der Waals surface area contributed by atoms with Crippen molar-refractivity contribution in [3.05, 3.63) is 76.2 Å². The average Bonchev–Trinajstić information content (AvgIpc) is 3.41. The van der Waals surface area contributed by atoms with Gasteiger partial charge in [-0.15, -0.1) is 0 Å². The van der Waals surface area contributed by atoms with E-state index in [0.29, 0.717) is 6.04 Å². The fourth-order valence-electron chi connectivity index (χ4n) is 6.17. The van der Waals surface area contributed by atoms with Crippen LogP contribution in [-0.4, -0.2) is 47.2 Å². The molecule has 1 atom stereocenters. The number of rotatable bonds is 5. The number of imidazole rings is 1. The lowest BCUT2D eigenvalue weighted by Crippen LogP contribution is -2.40. The van der Waals surface area contributed by atoms with Gasteiger partial charge in [-0.25, -0.2) is 4.79 Å². The third kappa shape index (κ3) is 3.45. The van der Waals surface area contributed by atoms with Gasteiger partial charge < -0.3 is 10.1 Å². The molecule has 7 heteroatoms. The van der Waals surface area contributed by atoms with Gasteiger partial charge in [-0.3, -0.25) is 18.8 Å². The number of hydrogen-bond donors (Lipinski definition) is 1. The van der Waals surface area contributed by atoms with Gasteiger partial charge in [0.25, 0.3) is 0 Å². The molecule has 0 spiro atoms. The molecule has 0 bridgehead atoms. The zero-order valence-electron chi connectivity index (χ0n) is 20.2. The molecule has 1 aliphatic carbocycles. The van der Waals surface area contributed by atoms with E-state index in [9.17, 15) is 9.59 Å². The Hall–Kier alpha value is -3.58. The minimum absolute atomic E-state index is 0.0372. The first-order valence-corrected chi connectivity index (χ1v) is 12.3. The summed E-state index contributed by atoms with van der Waals surface area (Å²) in [6, 6.07) is 19.1. The van der Waals surface area contributed by atoms with E-state index in [4.69, 9.17) is 4.74 Å². The van der Waals surface area contributed by atoms with Crippen LogP contribution in [0.3, 0.4) is 0 Å². The first kappa shape index (κ1) is 21.9. The number of methoxy groups -OCH3 is 1. The highest BCUT2D eigenvalue weighted by Gasteiger charge is 2.33. The number of amides is 1. The van der Waals surface area contributed by atoms with Crippen LogP contribution in [0.5, 0.6) is 5.75 Å². The number of aromatic nitrogens is 2. The summed E-state index contributed by atoms with van der Waals surface area (Å²) in [5.74, 6) is 0.758. The van der Waals surface area contributed by atoms with Crippen molar-refractivity contribution in [2.75, 3.05) is 27.2 Å². The number of fused-ring (bicyclic) bond motifs is 1. The van der Waals surface area contributed by atoms with Crippen molar-refractivity contribution < 1.29 is 9.53 Å². The van der Waals surface area contributed by atoms with E-state index in [1.54, 1.807) is 18.7 Å². The van der Waals surface area contributed by atoms with Crippen LogP contribution in [0.25, 0.3) is 21.8 Å². The Bertz CT molecular complexity index is 1490. The summed E-state index contributed by atoms with van der Waals surface area (Å²) in [5.41, 5.74) is 4.39. The molecular formula is C28H30N4O3. The molecule has 2 aliphatic rings. The second-order valence-corrected chi connectivity index (χ2v) is 9.58. The molecule has 6 rings (SSSR count). The summed E-state index contributed by atoms with van der Waals surface area (Å²) in [6.07, 6.45) is 2.82. The standard InChI is InChI=1S/C28H30N4O3/c1-29-26(33)17-31-22-8-3-4-9-23(22)32(28(31)34)19-12-14-30(15-13-19)24-16-18-10-11-25(35-2)21-7-5-6-20(24)27(18)21/h3-11,19,24H,12-17H2,1-2H3,(H,29,33). The van der Waals surface area contributed by atoms with Crippen molar-refractivity contribution in [3.63, 3.8) is 0 Å². The molecule has 1 unspecified atom stereocenters. The lowest BCUT2D eigenvalue weighted by Gasteiger charge is -2.36. The molecule has 1 amide bonds. The van der Waals surface area contributed by atoms with Crippen molar-refractivity contribution >= 4 is 27.7 Å². The van der Waals surface area contributed by atoms with Crippen molar-refractivity contribution in [1.29, 1.82) is 0 Å². The minimum atomic E-state index is -0.170. The summed E-state index contributed by atoms with van der Waals surface area (Å²) in [7, 11) is 3.33. The van der Waals surface area contributed by atoms with Gasteiger partial charge >= 0.3 is 5.69 Å². The van der Waals surface area contributed by atoms with E-state index in [0.717, 1.165) is 49.1 Å². The zero-order chi connectivity index (χ0) is 24.1. The van der Waals surface area contributed by atoms with Crippen LogP contribution >= 0.6 is 0 Å². The number of piperidine rings is 1. The van der Waals surface area contributed by atoms with Crippen LogP contribution in [-0.2, 0) is 17.8 Å². The van der Waals surface area contributed by atoms with E-state index in [2.05, 4.69) is 40.5 Å². The molecular weight excluding hydrogens is 440 g/mol.